The number of para-hydroxylation sites is 2. The fourth-order valence-electron chi connectivity index (χ4n) is 4.93. The first kappa shape index (κ1) is 24.8. The summed E-state index contributed by atoms with van der Waals surface area (Å²) in [4.78, 5) is 34.3. The summed E-state index contributed by atoms with van der Waals surface area (Å²) in [7, 11) is -4.21. The van der Waals surface area contributed by atoms with Gasteiger partial charge in [0.05, 0.1) is 17.4 Å². The highest BCUT2D eigenvalue weighted by atomic mass is 32.2. The lowest BCUT2D eigenvalue weighted by Crippen LogP contribution is -2.37. The number of nitrogens with zero attached hydrogens (tertiary/aromatic N) is 2. The number of amides is 2. The Kier molecular flexibility index (Phi) is 6.13. The molecule has 0 radical (unpaired) electrons. The highest BCUT2D eigenvalue weighted by Crippen LogP contribution is 2.49. The lowest BCUT2D eigenvalue weighted by atomic mass is 9.90. The van der Waals surface area contributed by atoms with Gasteiger partial charge >= 0.3 is 10.1 Å². The Hall–Kier alpha value is -4.54. The number of hydrogen-bond acceptors (Lipinski definition) is 7. The van der Waals surface area contributed by atoms with Gasteiger partial charge in [-0.15, -0.1) is 0 Å². The van der Waals surface area contributed by atoms with Crippen LogP contribution in [0.1, 0.15) is 11.6 Å². The SMILES string of the molecule is O=C1C2ON(c3ccccc3)C(c3ccccc3OS(=O)(=O)c3ccccc3)C2C(=O)N1c1ccc(F)cc1. The number of carbonyl (C=O) groups is 2. The summed E-state index contributed by atoms with van der Waals surface area (Å²) in [6.07, 6.45) is -1.19. The Morgan fingerprint density at radius 2 is 1.33 bits per heavy atom. The van der Waals surface area contributed by atoms with Crippen LogP contribution in [0.5, 0.6) is 5.75 Å². The first-order valence-electron chi connectivity index (χ1n) is 12.1. The van der Waals surface area contributed by atoms with Gasteiger partial charge in [0.15, 0.2) is 6.10 Å². The summed E-state index contributed by atoms with van der Waals surface area (Å²) in [6, 6.07) is 27.1. The van der Waals surface area contributed by atoms with E-state index < -0.39 is 45.8 Å². The Balaban J connectivity index is 1.44. The minimum atomic E-state index is -4.21. The lowest BCUT2D eigenvalue weighted by Gasteiger charge is -2.29. The van der Waals surface area contributed by atoms with Gasteiger partial charge in [-0.05, 0) is 54.6 Å². The zero-order valence-electron chi connectivity index (χ0n) is 20.3. The van der Waals surface area contributed by atoms with Crippen LogP contribution in [-0.4, -0.2) is 26.3 Å². The second kappa shape index (κ2) is 9.64. The number of imide groups is 1. The first-order chi connectivity index (χ1) is 18.8. The van der Waals surface area contributed by atoms with Crippen LogP contribution in [-0.2, 0) is 24.5 Å². The van der Waals surface area contributed by atoms with Crippen molar-refractivity contribution in [2.45, 2.75) is 17.0 Å². The normalized spacial score (nSPS) is 20.8. The predicted molar refractivity (Wildman–Crippen MR) is 140 cm³/mol. The summed E-state index contributed by atoms with van der Waals surface area (Å²) >= 11 is 0. The van der Waals surface area contributed by atoms with Crippen molar-refractivity contribution in [2.24, 2.45) is 5.92 Å². The van der Waals surface area contributed by atoms with E-state index in [0.29, 0.717) is 11.3 Å². The standard InChI is InChI=1S/C29H21FN2O6S/c30-19-15-17-20(18-16-19)31-28(33)25-26(32(37-27(25)29(31)34)21-9-3-1-4-10-21)23-13-7-8-14-24(23)38-39(35,36)22-11-5-2-6-12-22/h1-18,25-27H. The fourth-order valence-corrected chi connectivity index (χ4v) is 5.90. The Morgan fingerprint density at radius 3 is 2.03 bits per heavy atom. The molecule has 2 heterocycles. The molecule has 0 spiro atoms. The van der Waals surface area contributed by atoms with Gasteiger partial charge in [0, 0.05) is 5.56 Å². The van der Waals surface area contributed by atoms with Crippen LogP contribution in [0.2, 0.25) is 0 Å². The van der Waals surface area contributed by atoms with Crippen molar-refractivity contribution in [1.29, 1.82) is 0 Å². The van der Waals surface area contributed by atoms with Crippen molar-refractivity contribution in [2.75, 3.05) is 9.96 Å². The quantitative estimate of drug-likeness (QED) is 0.258. The molecule has 3 unspecified atom stereocenters. The summed E-state index contributed by atoms with van der Waals surface area (Å²) in [6.45, 7) is 0. The number of rotatable bonds is 6. The average molecular weight is 545 g/mol. The van der Waals surface area contributed by atoms with E-state index in [1.165, 1.54) is 35.4 Å². The number of halogens is 1. The molecule has 4 aromatic rings. The van der Waals surface area contributed by atoms with Crippen molar-refractivity contribution < 1.29 is 31.4 Å². The van der Waals surface area contributed by atoms with Gasteiger partial charge in [-0.1, -0.05) is 54.6 Å². The number of hydroxylamine groups is 1. The molecule has 8 nitrogen and oxygen atoms in total. The van der Waals surface area contributed by atoms with Gasteiger partial charge in [0.25, 0.3) is 5.91 Å². The van der Waals surface area contributed by atoms with Crippen LogP contribution < -0.4 is 14.1 Å². The Bertz CT molecular complexity index is 1650. The molecule has 3 atom stereocenters. The summed E-state index contributed by atoms with van der Waals surface area (Å²) in [5, 5.41) is 1.45. The average Bonchev–Trinajstić information content (AvgIpc) is 3.46. The molecule has 0 aromatic heterocycles. The fraction of sp³-hybridized carbons (Fsp3) is 0.103. The molecule has 6 rings (SSSR count). The maximum Gasteiger partial charge on any atom is 0.339 e. The van der Waals surface area contributed by atoms with E-state index in [0.717, 1.165) is 17.0 Å². The third-order valence-electron chi connectivity index (χ3n) is 6.68. The van der Waals surface area contributed by atoms with E-state index in [2.05, 4.69) is 0 Å². The van der Waals surface area contributed by atoms with Crippen molar-refractivity contribution in [1.82, 2.24) is 0 Å². The number of hydrogen-bond donors (Lipinski definition) is 0. The van der Waals surface area contributed by atoms with E-state index in [-0.39, 0.29) is 16.3 Å². The highest BCUT2D eigenvalue weighted by molar-refractivity contribution is 7.87. The van der Waals surface area contributed by atoms with E-state index in [1.807, 2.05) is 6.07 Å². The van der Waals surface area contributed by atoms with Gasteiger partial charge < -0.3 is 4.18 Å². The van der Waals surface area contributed by atoms with Gasteiger partial charge in [-0.25, -0.2) is 14.4 Å². The van der Waals surface area contributed by atoms with Gasteiger partial charge in [-0.3, -0.25) is 14.4 Å². The Morgan fingerprint density at radius 1 is 0.718 bits per heavy atom. The molecule has 2 amide bonds. The topological polar surface area (TPSA) is 93.2 Å². The molecule has 39 heavy (non-hydrogen) atoms. The zero-order chi connectivity index (χ0) is 27.1. The molecule has 2 aliphatic rings. The van der Waals surface area contributed by atoms with Crippen molar-refractivity contribution in [3.8, 4) is 5.75 Å². The minimum absolute atomic E-state index is 0.00276. The molecule has 4 aromatic carbocycles. The molecular formula is C29H21FN2O6S. The number of carbonyl (C=O) groups excluding carboxylic acids is 2. The molecule has 0 saturated carbocycles. The first-order valence-corrected chi connectivity index (χ1v) is 13.5. The van der Waals surface area contributed by atoms with E-state index in [9.17, 15) is 22.4 Å². The molecule has 2 aliphatic heterocycles. The molecule has 2 fully saturated rings. The zero-order valence-corrected chi connectivity index (χ0v) is 21.1. The smallest absolute Gasteiger partial charge is 0.339 e. The van der Waals surface area contributed by atoms with E-state index in [4.69, 9.17) is 9.02 Å². The van der Waals surface area contributed by atoms with E-state index in [1.54, 1.807) is 60.7 Å². The van der Waals surface area contributed by atoms with Crippen LogP contribution in [0.25, 0.3) is 0 Å². The summed E-state index contributed by atoms with van der Waals surface area (Å²) < 4.78 is 45.3. The molecule has 196 valence electrons. The minimum Gasteiger partial charge on any atom is -0.379 e. The van der Waals surface area contributed by atoms with Gasteiger partial charge in [0.1, 0.15) is 22.4 Å². The predicted octanol–water partition coefficient (Wildman–Crippen LogP) is 4.64. The van der Waals surface area contributed by atoms with Crippen molar-refractivity contribution in [3.63, 3.8) is 0 Å². The molecule has 0 N–H and O–H groups in total. The Labute approximate surface area is 223 Å². The number of anilines is 2. The summed E-state index contributed by atoms with van der Waals surface area (Å²) in [5.74, 6) is -2.70. The molecular weight excluding hydrogens is 523 g/mol. The second-order valence-electron chi connectivity index (χ2n) is 9.03. The van der Waals surface area contributed by atoms with Crippen molar-refractivity contribution in [3.05, 3.63) is 121 Å². The summed E-state index contributed by atoms with van der Waals surface area (Å²) in [5.41, 5.74) is 1.12. The largest absolute Gasteiger partial charge is 0.379 e. The van der Waals surface area contributed by atoms with Crippen molar-refractivity contribution >= 4 is 33.3 Å². The molecule has 2 saturated heterocycles. The third-order valence-corrected chi connectivity index (χ3v) is 7.93. The van der Waals surface area contributed by atoms with Crippen LogP contribution in [0.15, 0.2) is 114 Å². The van der Waals surface area contributed by atoms with Crippen LogP contribution >= 0.6 is 0 Å². The maximum atomic E-state index is 13.8. The maximum absolute atomic E-state index is 13.8. The van der Waals surface area contributed by atoms with E-state index >= 15 is 0 Å². The molecule has 10 heteroatoms. The lowest BCUT2D eigenvalue weighted by molar-refractivity contribution is -0.126. The van der Waals surface area contributed by atoms with Gasteiger partial charge in [0.2, 0.25) is 5.91 Å². The van der Waals surface area contributed by atoms with Gasteiger partial charge in [-0.2, -0.15) is 8.42 Å². The van der Waals surface area contributed by atoms with Crippen LogP contribution in [0, 0.1) is 11.7 Å². The monoisotopic (exact) mass is 544 g/mol. The number of benzene rings is 4. The third kappa shape index (κ3) is 4.33. The van der Waals surface area contributed by atoms with Crippen LogP contribution in [0.4, 0.5) is 15.8 Å². The molecule has 0 aliphatic carbocycles. The highest BCUT2D eigenvalue weighted by Gasteiger charge is 2.60. The number of fused-ring (bicyclic) bond motifs is 1. The second-order valence-corrected chi connectivity index (χ2v) is 10.6. The molecule has 0 bridgehead atoms. The van der Waals surface area contributed by atoms with Crippen LogP contribution in [0.3, 0.4) is 0 Å².